The third-order valence-electron chi connectivity index (χ3n) is 2.87. The molecule has 0 aromatic heterocycles. The highest BCUT2D eigenvalue weighted by atomic mass is 16.5. The van der Waals surface area contributed by atoms with Gasteiger partial charge in [-0.1, -0.05) is 6.08 Å². The fourth-order valence-corrected chi connectivity index (χ4v) is 1.91. The van der Waals surface area contributed by atoms with Crippen LogP contribution >= 0.6 is 0 Å². The lowest BCUT2D eigenvalue weighted by molar-refractivity contribution is -0.144. The molecule has 0 bridgehead atoms. The summed E-state index contributed by atoms with van der Waals surface area (Å²) in [6, 6.07) is -0.336. The van der Waals surface area contributed by atoms with Crippen LogP contribution in [0.3, 0.4) is 0 Å². The quantitative estimate of drug-likeness (QED) is 0.444. The van der Waals surface area contributed by atoms with Crippen molar-refractivity contribution in [1.29, 1.82) is 0 Å². The van der Waals surface area contributed by atoms with Crippen molar-refractivity contribution in [2.45, 2.75) is 25.4 Å². The minimum atomic E-state index is -0.637. The first-order valence-electron chi connectivity index (χ1n) is 5.80. The molecule has 0 aliphatic carbocycles. The van der Waals surface area contributed by atoms with Crippen LogP contribution in [-0.2, 0) is 9.53 Å². The second-order valence-corrected chi connectivity index (χ2v) is 4.20. The molecule has 17 heavy (non-hydrogen) atoms. The van der Waals surface area contributed by atoms with Gasteiger partial charge < -0.3 is 21.5 Å². The summed E-state index contributed by atoms with van der Waals surface area (Å²) in [5, 5.41) is 3.20. The van der Waals surface area contributed by atoms with Crippen molar-refractivity contribution >= 4 is 5.97 Å². The summed E-state index contributed by atoms with van der Waals surface area (Å²) in [5.74, 6) is -0.179. The van der Waals surface area contributed by atoms with Crippen molar-refractivity contribution in [3.05, 3.63) is 24.4 Å². The SMILES string of the molecule is C=C[C@@H]1C(C[C@H](N)C(=O)OCCN)=CNC1C. The molecule has 0 aromatic rings. The van der Waals surface area contributed by atoms with E-state index in [4.69, 9.17) is 16.2 Å². The van der Waals surface area contributed by atoms with E-state index in [0.717, 1.165) is 5.57 Å². The van der Waals surface area contributed by atoms with Crippen LogP contribution in [0.5, 0.6) is 0 Å². The van der Waals surface area contributed by atoms with E-state index in [2.05, 4.69) is 18.8 Å². The number of ether oxygens (including phenoxy) is 1. The zero-order valence-corrected chi connectivity index (χ0v) is 10.2. The van der Waals surface area contributed by atoms with Gasteiger partial charge in [-0.2, -0.15) is 0 Å². The minimum absolute atomic E-state index is 0.213. The molecule has 96 valence electrons. The van der Waals surface area contributed by atoms with Crippen LogP contribution in [0.4, 0.5) is 0 Å². The summed E-state index contributed by atoms with van der Waals surface area (Å²) < 4.78 is 4.90. The zero-order chi connectivity index (χ0) is 12.8. The Kier molecular flexibility index (Phi) is 5.18. The van der Waals surface area contributed by atoms with Gasteiger partial charge in [0, 0.05) is 18.5 Å². The Morgan fingerprint density at radius 3 is 3.06 bits per heavy atom. The van der Waals surface area contributed by atoms with Crippen LogP contribution in [-0.4, -0.2) is 31.2 Å². The Morgan fingerprint density at radius 1 is 1.76 bits per heavy atom. The Balaban J connectivity index is 2.48. The van der Waals surface area contributed by atoms with Gasteiger partial charge in [0.25, 0.3) is 0 Å². The predicted molar refractivity (Wildman–Crippen MR) is 67.0 cm³/mol. The lowest BCUT2D eigenvalue weighted by atomic mass is 9.92. The molecule has 1 rings (SSSR count). The third kappa shape index (κ3) is 3.57. The summed E-state index contributed by atoms with van der Waals surface area (Å²) in [5.41, 5.74) is 12.1. The smallest absolute Gasteiger partial charge is 0.323 e. The maximum atomic E-state index is 11.5. The lowest BCUT2D eigenvalue weighted by Crippen LogP contribution is -2.34. The van der Waals surface area contributed by atoms with Crippen molar-refractivity contribution in [3.8, 4) is 0 Å². The maximum Gasteiger partial charge on any atom is 0.323 e. The van der Waals surface area contributed by atoms with E-state index in [1.165, 1.54) is 0 Å². The Bertz CT molecular complexity index is 315. The summed E-state index contributed by atoms with van der Waals surface area (Å²) in [6.07, 6.45) is 4.26. The number of nitrogens with two attached hydrogens (primary N) is 2. The highest BCUT2D eigenvalue weighted by molar-refractivity contribution is 5.75. The zero-order valence-electron chi connectivity index (χ0n) is 10.2. The topological polar surface area (TPSA) is 90.4 Å². The number of esters is 1. The van der Waals surface area contributed by atoms with E-state index in [1.807, 2.05) is 12.3 Å². The van der Waals surface area contributed by atoms with Crippen LogP contribution in [0, 0.1) is 5.92 Å². The maximum absolute atomic E-state index is 11.5. The molecule has 0 spiro atoms. The van der Waals surface area contributed by atoms with Crippen LogP contribution < -0.4 is 16.8 Å². The average Bonchev–Trinajstić information content (AvgIpc) is 2.66. The van der Waals surface area contributed by atoms with Gasteiger partial charge in [0.05, 0.1) is 0 Å². The van der Waals surface area contributed by atoms with Crippen molar-refractivity contribution < 1.29 is 9.53 Å². The second-order valence-electron chi connectivity index (χ2n) is 4.20. The second kappa shape index (κ2) is 6.42. The number of hydrogen-bond donors (Lipinski definition) is 3. The van der Waals surface area contributed by atoms with Crippen LogP contribution in [0.2, 0.25) is 0 Å². The lowest BCUT2D eigenvalue weighted by Gasteiger charge is -2.17. The van der Waals surface area contributed by atoms with Crippen molar-refractivity contribution in [1.82, 2.24) is 5.32 Å². The van der Waals surface area contributed by atoms with E-state index in [9.17, 15) is 4.79 Å². The van der Waals surface area contributed by atoms with Crippen LogP contribution in [0.15, 0.2) is 24.4 Å². The number of rotatable bonds is 6. The first-order chi connectivity index (χ1) is 8.10. The first kappa shape index (κ1) is 13.7. The van der Waals surface area contributed by atoms with E-state index in [0.29, 0.717) is 19.0 Å². The van der Waals surface area contributed by atoms with Gasteiger partial charge in [-0.05, 0) is 25.1 Å². The molecule has 0 fully saturated rings. The number of carbonyl (C=O) groups excluding carboxylic acids is 1. The standard InChI is InChI=1S/C12H21N3O2/c1-3-10-8(2)15-7-9(10)6-11(14)12(16)17-5-4-13/h3,7-8,10-11,15H,1,4-6,13-14H2,2H3/t8?,10-,11-/m0/s1. The van der Waals surface area contributed by atoms with E-state index < -0.39 is 12.0 Å². The van der Waals surface area contributed by atoms with Gasteiger partial charge in [0.2, 0.25) is 0 Å². The Hall–Kier alpha value is -1.33. The fraction of sp³-hybridized carbons (Fsp3) is 0.583. The molecule has 0 amide bonds. The molecule has 5 nitrogen and oxygen atoms in total. The van der Waals surface area contributed by atoms with Gasteiger partial charge in [-0.3, -0.25) is 4.79 Å². The predicted octanol–water partition coefficient (Wildman–Crippen LogP) is -0.116. The van der Waals surface area contributed by atoms with Gasteiger partial charge in [-0.25, -0.2) is 0 Å². The molecule has 5 heteroatoms. The molecule has 1 heterocycles. The van der Waals surface area contributed by atoms with E-state index in [1.54, 1.807) is 0 Å². The Morgan fingerprint density at radius 2 is 2.47 bits per heavy atom. The van der Waals surface area contributed by atoms with Gasteiger partial charge in [0.15, 0.2) is 0 Å². The van der Waals surface area contributed by atoms with E-state index >= 15 is 0 Å². The highest BCUT2D eigenvalue weighted by Gasteiger charge is 2.27. The molecular weight excluding hydrogens is 218 g/mol. The molecule has 1 aliphatic rings. The summed E-state index contributed by atoms with van der Waals surface area (Å²) in [4.78, 5) is 11.5. The number of carbonyl (C=O) groups is 1. The first-order valence-corrected chi connectivity index (χ1v) is 5.80. The fourth-order valence-electron chi connectivity index (χ4n) is 1.91. The third-order valence-corrected chi connectivity index (χ3v) is 2.87. The van der Waals surface area contributed by atoms with Crippen molar-refractivity contribution in [2.75, 3.05) is 13.2 Å². The van der Waals surface area contributed by atoms with Crippen molar-refractivity contribution in [3.63, 3.8) is 0 Å². The molecule has 0 radical (unpaired) electrons. The van der Waals surface area contributed by atoms with Gasteiger partial charge in [-0.15, -0.1) is 6.58 Å². The monoisotopic (exact) mass is 239 g/mol. The normalized spacial score (nSPS) is 24.8. The van der Waals surface area contributed by atoms with Crippen molar-refractivity contribution in [2.24, 2.45) is 17.4 Å². The number of nitrogens with one attached hydrogen (secondary N) is 1. The summed E-state index contributed by atoms with van der Waals surface area (Å²) in [6.45, 7) is 6.38. The summed E-state index contributed by atoms with van der Waals surface area (Å²) in [7, 11) is 0. The molecule has 1 aliphatic heterocycles. The van der Waals surface area contributed by atoms with Gasteiger partial charge in [0.1, 0.15) is 12.6 Å². The molecule has 3 atom stereocenters. The largest absolute Gasteiger partial charge is 0.463 e. The van der Waals surface area contributed by atoms with Crippen LogP contribution in [0.1, 0.15) is 13.3 Å². The van der Waals surface area contributed by atoms with E-state index in [-0.39, 0.29) is 12.5 Å². The molecule has 0 saturated carbocycles. The molecule has 5 N–H and O–H groups in total. The molecule has 0 aromatic carbocycles. The molecule has 1 unspecified atom stereocenters. The Labute approximate surface area is 102 Å². The minimum Gasteiger partial charge on any atom is -0.463 e. The number of hydrogen-bond acceptors (Lipinski definition) is 5. The highest BCUT2D eigenvalue weighted by Crippen LogP contribution is 2.25. The average molecular weight is 239 g/mol. The van der Waals surface area contributed by atoms with Gasteiger partial charge >= 0.3 is 5.97 Å². The summed E-state index contributed by atoms with van der Waals surface area (Å²) >= 11 is 0. The van der Waals surface area contributed by atoms with Crippen LogP contribution in [0.25, 0.3) is 0 Å². The molecule has 0 saturated heterocycles. The molecular formula is C12H21N3O2.